The number of hydrogen-bond acceptors (Lipinski definition) is 6. The van der Waals surface area contributed by atoms with Crippen LogP contribution in [0.4, 0.5) is 0 Å². The van der Waals surface area contributed by atoms with Crippen LogP contribution in [0.5, 0.6) is 5.88 Å². The average molecular weight is 378 g/mol. The molecule has 4 rings (SSSR count). The van der Waals surface area contributed by atoms with Gasteiger partial charge in [-0.3, -0.25) is 0 Å². The minimum absolute atomic E-state index is 0.145. The van der Waals surface area contributed by atoms with Crippen LogP contribution in [0.1, 0.15) is 31.5 Å². The lowest BCUT2D eigenvalue weighted by atomic mass is 10.1. The molecule has 0 amide bonds. The number of fused-ring (bicyclic) bond motifs is 1. The summed E-state index contributed by atoms with van der Waals surface area (Å²) >= 11 is 0. The van der Waals surface area contributed by atoms with Crippen molar-refractivity contribution in [3.63, 3.8) is 0 Å². The summed E-state index contributed by atoms with van der Waals surface area (Å²) in [6, 6.07) is 7.82. The molecule has 1 aliphatic rings. The van der Waals surface area contributed by atoms with E-state index in [1.807, 2.05) is 39.1 Å². The van der Waals surface area contributed by atoms with Gasteiger partial charge in [0.15, 0.2) is 6.29 Å². The van der Waals surface area contributed by atoms with Gasteiger partial charge in [0.05, 0.1) is 35.2 Å². The molecule has 1 atom stereocenters. The van der Waals surface area contributed by atoms with Crippen molar-refractivity contribution in [2.24, 2.45) is 0 Å². The zero-order valence-electron chi connectivity index (χ0n) is 16.2. The highest BCUT2D eigenvalue weighted by molar-refractivity contribution is 5.97. The first-order valence-electron chi connectivity index (χ1n) is 9.23. The van der Waals surface area contributed by atoms with Crippen molar-refractivity contribution in [2.75, 3.05) is 13.2 Å². The van der Waals surface area contributed by atoms with Gasteiger partial charge in [0.25, 0.3) is 0 Å². The van der Waals surface area contributed by atoms with Gasteiger partial charge in [-0.25, -0.2) is 9.97 Å². The van der Waals surface area contributed by atoms with Gasteiger partial charge in [-0.1, -0.05) is 12.1 Å². The molecule has 1 aromatic carbocycles. The van der Waals surface area contributed by atoms with E-state index >= 15 is 0 Å². The van der Waals surface area contributed by atoms with Gasteiger partial charge in [0.2, 0.25) is 5.88 Å². The summed E-state index contributed by atoms with van der Waals surface area (Å²) in [6.07, 6.45) is 4.31. The zero-order valence-corrected chi connectivity index (χ0v) is 16.2. The Kier molecular flexibility index (Phi) is 4.75. The van der Waals surface area contributed by atoms with Crippen LogP contribution < -0.4 is 4.74 Å². The van der Waals surface area contributed by atoms with E-state index in [-0.39, 0.29) is 6.29 Å². The fourth-order valence-corrected chi connectivity index (χ4v) is 3.14. The van der Waals surface area contributed by atoms with E-state index in [9.17, 15) is 5.26 Å². The molecule has 1 fully saturated rings. The molecule has 1 N–H and O–H groups in total. The maximum absolute atomic E-state index is 9.26. The summed E-state index contributed by atoms with van der Waals surface area (Å²) in [5, 5.41) is 10.2. The van der Waals surface area contributed by atoms with Crippen LogP contribution in [-0.4, -0.2) is 40.1 Å². The van der Waals surface area contributed by atoms with Crippen molar-refractivity contribution in [1.82, 2.24) is 15.0 Å². The maximum Gasteiger partial charge on any atom is 0.235 e. The number of ether oxygens (including phenoxy) is 3. The number of aryl methyl sites for hydroxylation is 1. The third kappa shape index (κ3) is 3.57. The van der Waals surface area contributed by atoms with E-state index in [0.717, 1.165) is 35.2 Å². The number of benzene rings is 1. The van der Waals surface area contributed by atoms with Gasteiger partial charge in [-0.15, -0.1) is 0 Å². The minimum Gasteiger partial charge on any atom is -0.473 e. The maximum atomic E-state index is 9.26. The third-order valence-corrected chi connectivity index (χ3v) is 4.68. The molecule has 7 heteroatoms. The van der Waals surface area contributed by atoms with E-state index in [2.05, 4.69) is 21.0 Å². The summed E-state index contributed by atoms with van der Waals surface area (Å²) in [5.41, 5.74) is 3.24. The number of nitriles is 1. The topological polar surface area (TPSA) is 93.1 Å². The molecule has 1 aliphatic heterocycles. The molecule has 0 aliphatic carbocycles. The highest BCUT2D eigenvalue weighted by Gasteiger charge is 2.29. The summed E-state index contributed by atoms with van der Waals surface area (Å²) in [6.45, 7) is 6.89. The first-order valence-corrected chi connectivity index (χ1v) is 9.23. The van der Waals surface area contributed by atoms with E-state index in [1.165, 1.54) is 0 Å². The van der Waals surface area contributed by atoms with Crippen molar-refractivity contribution in [3.8, 4) is 23.2 Å². The van der Waals surface area contributed by atoms with Crippen molar-refractivity contribution in [2.45, 2.75) is 39.1 Å². The van der Waals surface area contributed by atoms with Gasteiger partial charge in [-0.05, 0) is 26.8 Å². The van der Waals surface area contributed by atoms with Crippen LogP contribution in [-0.2, 0) is 9.47 Å². The Bertz CT molecular complexity index is 1050. The molecule has 0 saturated carbocycles. The van der Waals surface area contributed by atoms with Crippen LogP contribution in [0.2, 0.25) is 0 Å². The van der Waals surface area contributed by atoms with Crippen LogP contribution in [0, 0.1) is 18.3 Å². The monoisotopic (exact) mass is 378 g/mol. The largest absolute Gasteiger partial charge is 0.473 e. The Hall–Kier alpha value is -2.95. The fourth-order valence-electron chi connectivity index (χ4n) is 3.14. The van der Waals surface area contributed by atoms with Gasteiger partial charge >= 0.3 is 0 Å². The minimum atomic E-state index is -0.484. The van der Waals surface area contributed by atoms with Gasteiger partial charge in [0, 0.05) is 23.6 Å². The number of nitrogens with one attached hydrogen (secondary N) is 1. The van der Waals surface area contributed by atoms with Crippen LogP contribution >= 0.6 is 0 Å². The first kappa shape index (κ1) is 18.4. The number of nitrogens with zero attached hydrogens (tertiary/aromatic N) is 3. The first-order chi connectivity index (χ1) is 13.5. The SMILES string of the molecule is Cc1nc(-c2c[nH]c3c(C#N)cccc23)cnc1OCC(C)(C)OC1CCO1. The zero-order chi connectivity index (χ0) is 19.7. The average Bonchev–Trinajstić information content (AvgIpc) is 3.08. The van der Waals surface area contributed by atoms with Gasteiger partial charge < -0.3 is 19.2 Å². The predicted octanol–water partition coefficient (Wildman–Crippen LogP) is 3.73. The second kappa shape index (κ2) is 7.23. The number of hydrogen-bond donors (Lipinski definition) is 1. The summed E-state index contributed by atoms with van der Waals surface area (Å²) in [7, 11) is 0. The molecule has 0 radical (unpaired) electrons. The normalized spacial score (nSPS) is 16.6. The second-order valence-electron chi connectivity index (χ2n) is 7.44. The Morgan fingerprint density at radius 2 is 2.21 bits per heavy atom. The highest BCUT2D eigenvalue weighted by atomic mass is 16.7. The lowest BCUT2D eigenvalue weighted by Crippen LogP contribution is -2.42. The van der Waals surface area contributed by atoms with Crippen LogP contribution in [0.15, 0.2) is 30.6 Å². The Balaban J connectivity index is 1.53. The van der Waals surface area contributed by atoms with Crippen molar-refractivity contribution < 1.29 is 14.2 Å². The lowest BCUT2D eigenvalue weighted by Gasteiger charge is -2.34. The van der Waals surface area contributed by atoms with Crippen molar-refractivity contribution >= 4 is 10.9 Å². The van der Waals surface area contributed by atoms with Crippen molar-refractivity contribution in [3.05, 3.63) is 41.9 Å². The highest BCUT2D eigenvalue weighted by Crippen LogP contribution is 2.30. The molecule has 144 valence electrons. The molecule has 1 unspecified atom stereocenters. The molecule has 28 heavy (non-hydrogen) atoms. The fraction of sp³-hybridized carbons (Fsp3) is 0.381. The van der Waals surface area contributed by atoms with Gasteiger partial charge in [0.1, 0.15) is 18.4 Å². The lowest BCUT2D eigenvalue weighted by molar-refractivity contribution is -0.262. The molecule has 3 aromatic rings. The number of rotatable bonds is 6. The molecule has 3 heterocycles. The third-order valence-electron chi connectivity index (χ3n) is 4.68. The Labute approximate surface area is 163 Å². The standard InChI is InChI=1S/C21H22N4O3/c1-13-20(27-12-21(2,3)28-18-7-8-26-18)24-11-17(25-13)16-10-23-19-14(9-22)5-4-6-15(16)19/h4-6,10-11,18,23H,7-8,12H2,1-3H3. The number of aromatic amines is 1. The molecule has 7 nitrogen and oxygen atoms in total. The number of aromatic nitrogens is 3. The number of H-pyrrole nitrogens is 1. The molecular weight excluding hydrogens is 356 g/mol. The van der Waals surface area contributed by atoms with E-state index in [4.69, 9.17) is 14.2 Å². The van der Waals surface area contributed by atoms with E-state index in [0.29, 0.717) is 23.7 Å². The van der Waals surface area contributed by atoms with Crippen LogP contribution in [0.25, 0.3) is 22.2 Å². The molecule has 0 bridgehead atoms. The second-order valence-corrected chi connectivity index (χ2v) is 7.44. The summed E-state index contributed by atoms with van der Waals surface area (Å²) in [4.78, 5) is 12.3. The smallest absolute Gasteiger partial charge is 0.235 e. The Morgan fingerprint density at radius 1 is 1.39 bits per heavy atom. The summed E-state index contributed by atoms with van der Waals surface area (Å²) in [5.74, 6) is 0.479. The van der Waals surface area contributed by atoms with Crippen LogP contribution in [0.3, 0.4) is 0 Å². The number of para-hydroxylation sites is 1. The van der Waals surface area contributed by atoms with Crippen molar-refractivity contribution in [1.29, 1.82) is 5.26 Å². The quantitative estimate of drug-likeness (QED) is 0.703. The molecule has 1 saturated heterocycles. The predicted molar refractivity (Wildman–Crippen MR) is 104 cm³/mol. The van der Waals surface area contributed by atoms with E-state index < -0.39 is 5.60 Å². The Morgan fingerprint density at radius 3 is 2.89 bits per heavy atom. The molecule has 0 spiro atoms. The van der Waals surface area contributed by atoms with Gasteiger partial charge in [-0.2, -0.15) is 5.26 Å². The molecule has 2 aromatic heterocycles. The van der Waals surface area contributed by atoms with E-state index in [1.54, 1.807) is 12.3 Å². The summed E-state index contributed by atoms with van der Waals surface area (Å²) < 4.78 is 17.0. The molecular formula is C21H22N4O3.